The molecule has 3 heteroatoms. The molecule has 0 amide bonds. The molecule has 1 heterocycles. The second kappa shape index (κ2) is 10.1. The van der Waals surface area contributed by atoms with Crippen molar-refractivity contribution >= 4 is 8.80 Å². The van der Waals surface area contributed by atoms with Crippen molar-refractivity contribution in [1.29, 1.82) is 0 Å². The maximum atomic E-state index is 14.8. The van der Waals surface area contributed by atoms with Crippen molar-refractivity contribution in [2.45, 2.75) is 70.0 Å². The third-order valence-corrected chi connectivity index (χ3v) is 9.53. The molecular weight excluding hydrogens is 351 g/mol. The van der Waals surface area contributed by atoms with Crippen LogP contribution in [0, 0.1) is 5.82 Å². The molecule has 0 bridgehead atoms. The van der Waals surface area contributed by atoms with Gasteiger partial charge in [0.2, 0.25) is 0 Å². The molecule has 0 unspecified atom stereocenters. The van der Waals surface area contributed by atoms with E-state index in [0.29, 0.717) is 18.1 Å². The van der Waals surface area contributed by atoms with Crippen LogP contribution in [0.15, 0.2) is 42.5 Å². The Labute approximate surface area is 165 Å². The highest BCUT2D eigenvalue weighted by Crippen LogP contribution is 2.37. The zero-order valence-electron chi connectivity index (χ0n) is 16.8. The summed E-state index contributed by atoms with van der Waals surface area (Å²) < 4.78 is 20.3. The highest BCUT2D eigenvalue weighted by Gasteiger charge is 2.23. The lowest BCUT2D eigenvalue weighted by Gasteiger charge is -2.28. The molecule has 27 heavy (non-hydrogen) atoms. The number of rotatable bonds is 8. The minimum absolute atomic E-state index is 0.0982. The van der Waals surface area contributed by atoms with Crippen molar-refractivity contribution in [1.82, 2.24) is 0 Å². The van der Waals surface area contributed by atoms with Crippen LogP contribution in [0.4, 0.5) is 4.39 Å². The van der Waals surface area contributed by atoms with Crippen molar-refractivity contribution in [3.05, 3.63) is 53.8 Å². The minimum atomic E-state index is -0.508. The average Bonchev–Trinajstić information content (AvgIpc) is 2.70. The molecule has 0 aromatic heterocycles. The molecule has 146 valence electrons. The molecular formula is C24H33FOSi. The maximum absolute atomic E-state index is 14.8. The number of unbranched alkanes of at least 4 members (excludes halogenated alkanes) is 2. The van der Waals surface area contributed by atoms with Gasteiger partial charge in [-0.3, -0.25) is 0 Å². The summed E-state index contributed by atoms with van der Waals surface area (Å²) in [6.45, 7) is 4.89. The molecule has 1 fully saturated rings. The largest absolute Gasteiger partial charge is 0.494 e. The van der Waals surface area contributed by atoms with Crippen molar-refractivity contribution < 1.29 is 9.13 Å². The van der Waals surface area contributed by atoms with Crippen molar-refractivity contribution in [2.75, 3.05) is 6.61 Å². The van der Waals surface area contributed by atoms with Crippen LogP contribution in [-0.2, 0) is 0 Å². The molecule has 1 saturated heterocycles. The van der Waals surface area contributed by atoms with E-state index in [1.54, 1.807) is 6.07 Å². The fraction of sp³-hybridized carbons (Fsp3) is 0.500. The molecule has 1 aliphatic heterocycles. The molecule has 1 aliphatic rings. The van der Waals surface area contributed by atoms with Crippen LogP contribution >= 0.6 is 0 Å². The minimum Gasteiger partial charge on any atom is -0.494 e. The van der Waals surface area contributed by atoms with Gasteiger partial charge in [-0.05, 0) is 55.0 Å². The number of hydrogen-bond acceptors (Lipinski definition) is 1. The van der Waals surface area contributed by atoms with Gasteiger partial charge >= 0.3 is 0 Å². The monoisotopic (exact) mass is 384 g/mol. The molecule has 2 aromatic carbocycles. The second-order valence-corrected chi connectivity index (χ2v) is 11.4. The van der Waals surface area contributed by atoms with Gasteiger partial charge in [-0.1, -0.05) is 68.6 Å². The van der Waals surface area contributed by atoms with E-state index in [-0.39, 0.29) is 5.82 Å². The first kappa shape index (κ1) is 20.1. The summed E-state index contributed by atoms with van der Waals surface area (Å²) in [6, 6.07) is 18.0. The van der Waals surface area contributed by atoms with E-state index >= 15 is 0 Å². The lowest BCUT2D eigenvalue weighted by atomic mass is 9.91. The van der Waals surface area contributed by atoms with E-state index < -0.39 is 8.80 Å². The summed E-state index contributed by atoms with van der Waals surface area (Å²) in [7, 11) is -0.508. The molecule has 1 nitrogen and oxygen atoms in total. The van der Waals surface area contributed by atoms with Crippen LogP contribution in [0.5, 0.6) is 5.75 Å². The van der Waals surface area contributed by atoms with Crippen LogP contribution in [-0.4, -0.2) is 15.4 Å². The first-order valence-electron chi connectivity index (χ1n) is 10.7. The van der Waals surface area contributed by atoms with Crippen LogP contribution in [0.3, 0.4) is 0 Å². The van der Waals surface area contributed by atoms with Crippen molar-refractivity contribution in [3.63, 3.8) is 0 Å². The topological polar surface area (TPSA) is 9.23 Å². The normalized spacial score (nSPS) is 19.8. The van der Waals surface area contributed by atoms with Crippen molar-refractivity contribution in [2.24, 2.45) is 0 Å². The molecule has 2 aromatic rings. The van der Waals surface area contributed by atoms with Gasteiger partial charge in [-0.15, -0.1) is 0 Å². The van der Waals surface area contributed by atoms with Gasteiger partial charge < -0.3 is 4.74 Å². The number of benzene rings is 2. The van der Waals surface area contributed by atoms with E-state index in [2.05, 4.69) is 13.0 Å². The average molecular weight is 385 g/mol. The lowest BCUT2D eigenvalue weighted by Crippen LogP contribution is -2.20. The Kier molecular flexibility index (Phi) is 7.51. The summed E-state index contributed by atoms with van der Waals surface area (Å²) in [5, 5.41) is 0. The Balaban J connectivity index is 1.61. The SMILES string of the molecule is CCCCC[Si@H]1CC[C@H](c2ccc(-c3ccc(OCC)cc3)c(F)c2)CC1. The predicted molar refractivity (Wildman–Crippen MR) is 116 cm³/mol. The first-order chi connectivity index (χ1) is 13.2. The van der Waals surface area contributed by atoms with E-state index in [1.165, 1.54) is 55.8 Å². The molecule has 3 rings (SSSR count). The fourth-order valence-corrected chi connectivity index (χ4v) is 7.86. The molecule has 0 aliphatic carbocycles. The van der Waals surface area contributed by atoms with E-state index in [9.17, 15) is 4.39 Å². The summed E-state index contributed by atoms with van der Waals surface area (Å²) in [5.41, 5.74) is 2.79. The Bertz CT molecular complexity index is 705. The van der Waals surface area contributed by atoms with Crippen molar-refractivity contribution in [3.8, 4) is 16.9 Å². The Morgan fingerprint density at radius 2 is 1.74 bits per heavy atom. The van der Waals surface area contributed by atoms with Gasteiger partial charge in [-0.2, -0.15) is 0 Å². The quantitative estimate of drug-likeness (QED) is 0.346. The molecule has 0 N–H and O–H groups in total. The van der Waals surface area contributed by atoms with Crippen LogP contribution in [0.25, 0.3) is 11.1 Å². The molecule has 0 radical (unpaired) electrons. The van der Waals surface area contributed by atoms with E-state index in [4.69, 9.17) is 4.74 Å². The summed E-state index contributed by atoms with van der Waals surface area (Å²) in [5.74, 6) is 1.29. The van der Waals surface area contributed by atoms with Gasteiger partial charge in [0.05, 0.1) is 6.61 Å². The van der Waals surface area contributed by atoms with Gasteiger partial charge in [0.1, 0.15) is 11.6 Å². The van der Waals surface area contributed by atoms with Crippen LogP contribution in [0.1, 0.15) is 57.4 Å². The fourth-order valence-electron chi connectivity index (χ4n) is 4.38. The third-order valence-electron chi connectivity index (χ3n) is 6.00. The van der Waals surface area contributed by atoms with E-state index in [0.717, 1.165) is 11.3 Å². The highest BCUT2D eigenvalue weighted by molar-refractivity contribution is 6.59. The third kappa shape index (κ3) is 5.44. The number of halogens is 1. The Morgan fingerprint density at radius 1 is 1.00 bits per heavy atom. The lowest BCUT2D eigenvalue weighted by molar-refractivity contribution is 0.340. The van der Waals surface area contributed by atoms with Gasteiger partial charge in [-0.25, -0.2) is 4.39 Å². The summed E-state index contributed by atoms with van der Waals surface area (Å²) in [6.07, 6.45) is 6.69. The molecule has 0 spiro atoms. The summed E-state index contributed by atoms with van der Waals surface area (Å²) >= 11 is 0. The smallest absolute Gasteiger partial charge is 0.131 e. The maximum Gasteiger partial charge on any atom is 0.131 e. The van der Waals surface area contributed by atoms with Gasteiger partial charge in [0.25, 0.3) is 0 Å². The first-order valence-corrected chi connectivity index (χ1v) is 13.2. The predicted octanol–water partition coefficient (Wildman–Crippen LogP) is 7.19. The number of ether oxygens (including phenoxy) is 1. The van der Waals surface area contributed by atoms with E-state index in [1.807, 2.05) is 37.3 Å². The highest BCUT2D eigenvalue weighted by atomic mass is 28.3. The van der Waals surface area contributed by atoms with Crippen LogP contribution < -0.4 is 4.74 Å². The van der Waals surface area contributed by atoms with Gasteiger partial charge in [0, 0.05) is 14.4 Å². The van der Waals surface area contributed by atoms with Gasteiger partial charge in [0.15, 0.2) is 0 Å². The Hall–Kier alpha value is -1.61. The Morgan fingerprint density at radius 3 is 2.37 bits per heavy atom. The van der Waals surface area contributed by atoms with Crippen LogP contribution in [0.2, 0.25) is 18.1 Å². The molecule has 0 atom stereocenters. The molecule has 0 saturated carbocycles. The standard InChI is InChI=1S/C24H33FOSi/c1-3-5-6-15-27-16-13-19(14-17-27)21-9-12-23(24(25)18-21)20-7-10-22(11-8-20)26-4-2/h7-12,18-19,27H,3-6,13-17H2,1-2H3/t19-,27-. The summed E-state index contributed by atoms with van der Waals surface area (Å²) in [4.78, 5) is 0. The zero-order chi connectivity index (χ0) is 19.1. The second-order valence-electron chi connectivity index (χ2n) is 7.91. The zero-order valence-corrected chi connectivity index (χ0v) is 18.0. The number of hydrogen-bond donors (Lipinski definition) is 0.